The number of nitrogens with one attached hydrogen (secondary N) is 1. The molecular weight excluding hydrogens is 294 g/mol. The number of aromatic hydroxyl groups is 1. The maximum absolute atomic E-state index is 14.5. The second-order valence-electron chi connectivity index (χ2n) is 5.74. The van der Waals surface area contributed by atoms with Crippen LogP contribution in [0, 0.1) is 5.82 Å². The number of nitrogens with zero attached hydrogens (tertiary/aromatic N) is 1. The third kappa shape index (κ3) is 2.91. The Balaban J connectivity index is 1.69. The lowest BCUT2D eigenvalue weighted by molar-refractivity contribution is -0.148. The van der Waals surface area contributed by atoms with Crippen LogP contribution in [0.25, 0.3) is 0 Å². The minimum absolute atomic E-state index is 0.130. The topological polar surface area (TPSA) is 61.8 Å². The second-order valence-corrected chi connectivity index (χ2v) is 5.74. The first-order chi connectivity index (χ1) is 10.6. The van der Waals surface area contributed by atoms with Crippen LogP contribution in [0.3, 0.4) is 0 Å². The molecule has 0 saturated carbocycles. The van der Waals surface area contributed by atoms with E-state index in [2.05, 4.69) is 5.48 Å². The molecule has 2 saturated heterocycles. The number of hydrogen-bond donors (Lipinski definition) is 2. The summed E-state index contributed by atoms with van der Waals surface area (Å²) < 4.78 is 27.9. The number of halogens is 2. The smallest absolute Gasteiger partial charge is 0.260 e. The summed E-state index contributed by atoms with van der Waals surface area (Å²) in [5.41, 5.74) is 2.86. The highest BCUT2D eigenvalue weighted by Crippen LogP contribution is 2.33. The highest BCUT2D eigenvalue weighted by atomic mass is 19.1. The van der Waals surface area contributed by atoms with Gasteiger partial charge >= 0.3 is 0 Å². The number of rotatable bonds is 2. The van der Waals surface area contributed by atoms with Crippen LogP contribution in [0.4, 0.5) is 8.78 Å². The Morgan fingerprint density at radius 3 is 2.86 bits per heavy atom. The fourth-order valence-electron chi connectivity index (χ4n) is 3.18. The number of carbonyl (C=O) groups is 1. The molecule has 0 aliphatic carbocycles. The van der Waals surface area contributed by atoms with Crippen LogP contribution >= 0.6 is 0 Å². The van der Waals surface area contributed by atoms with Crippen molar-refractivity contribution in [3.8, 4) is 5.75 Å². The molecule has 22 heavy (non-hydrogen) atoms. The maximum Gasteiger partial charge on any atom is 0.260 e. The van der Waals surface area contributed by atoms with Crippen molar-refractivity contribution < 1.29 is 23.5 Å². The van der Waals surface area contributed by atoms with E-state index in [4.69, 9.17) is 4.84 Å². The fraction of sp³-hybridized carbons (Fsp3) is 0.533. The third-order valence-corrected chi connectivity index (χ3v) is 4.38. The monoisotopic (exact) mass is 312 g/mol. The zero-order chi connectivity index (χ0) is 15.7. The highest BCUT2D eigenvalue weighted by molar-refractivity contribution is 5.81. The Bertz CT molecular complexity index is 570. The molecule has 2 heterocycles. The van der Waals surface area contributed by atoms with Gasteiger partial charge < -0.3 is 5.11 Å². The number of alkyl halides is 1. The first-order valence-electron chi connectivity index (χ1n) is 7.34. The van der Waals surface area contributed by atoms with Gasteiger partial charge in [0.05, 0.1) is 12.6 Å². The minimum Gasteiger partial charge on any atom is -0.505 e. The molecule has 1 aromatic carbocycles. The van der Waals surface area contributed by atoms with Gasteiger partial charge in [0.2, 0.25) is 0 Å². The van der Waals surface area contributed by atoms with Gasteiger partial charge in [0, 0.05) is 12.5 Å². The van der Waals surface area contributed by atoms with Gasteiger partial charge in [-0.2, -0.15) is 0 Å². The predicted octanol–water partition coefficient (Wildman–Crippen LogP) is 1.48. The summed E-state index contributed by atoms with van der Waals surface area (Å²) in [6.45, 7) is 1.10. The number of benzene rings is 1. The molecule has 2 aliphatic rings. The Morgan fingerprint density at radius 1 is 1.36 bits per heavy atom. The summed E-state index contributed by atoms with van der Waals surface area (Å²) in [4.78, 5) is 18.4. The van der Waals surface area contributed by atoms with Crippen LogP contribution in [0.1, 0.15) is 24.3 Å². The average Bonchev–Trinajstić information content (AvgIpc) is 2.50. The van der Waals surface area contributed by atoms with Gasteiger partial charge in [-0.1, -0.05) is 6.07 Å². The molecule has 1 amide bonds. The van der Waals surface area contributed by atoms with Gasteiger partial charge in [-0.3, -0.25) is 14.5 Å². The number of hydroxylamine groups is 1. The number of likely N-dealkylation sites (tertiary alicyclic amines) is 1. The number of phenolic OH excluding ortho intramolecular Hbond substituents is 1. The SMILES string of the molecule is O=C1NOCCC1N1CCC(c2ccc(O)c(F)c2)C(F)C1. The Morgan fingerprint density at radius 2 is 2.18 bits per heavy atom. The Kier molecular flexibility index (Phi) is 4.26. The van der Waals surface area contributed by atoms with Gasteiger partial charge in [-0.05, 0) is 37.1 Å². The maximum atomic E-state index is 14.5. The highest BCUT2D eigenvalue weighted by Gasteiger charge is 2.37. The van der Waals surface area contributed by atoms with Crippen LogP contribution in [-0.2, 0) is 9.63 Å². The van der Waals surface area contributed by atoms with Gasteiger partial charge in [-0.25, -0.2) is 14.3 Å². The van der Waals surface area contributed by atoms with E-state index in [0.717, 1.165) is 0 Å². The molecular formula is C15H18F2N2O3. The fourth-order valence-corrected chi connectivity index (χ4v) is 3.18. The molecule has 0 aromatic heterocycles. The van der Waals surface area contributed by atoms with Crippen molar-refractivity contribution in [2.45, 2.75) is 31.0 Å². The lowest BCUT2D eigenvalue weighted by Gasteiger charge is -2.39. The van der Waals surface area contributed by atoms with Gasteiger partial charge in [0.1, 0.15) is 6.17 Å². The van der Waals surface area contributed by atoms with E-state index < -0.39 is 23.7 Å². The number of phenols is 1. The van der Waals surface area contributed by atoms with Gasteiger partial charge in [0.25, 0.3) is 5.91 Å². The van der Waals surface area contributed by atoms with Crippen LogP contribution in [0.5, 0.6) is 5.75 Å². The molecule has 120 valence electrons. The predicted molar refractivity (Wildman–Crippen MR) is 74.4 cm³/mol. The van der Waals surface area contributed by atoms with E-state index in [1.807, 2.05) is 4.90 Å². The summed E-state index contributed by atoms with van der Waals surface area (Å²) in [6, 6.07) is 3.61. The third-order valence-electron chi connectivity index (χ3n) is 4.38. The molecule has 5 nitrogen and oxygen atoms in total. The van der Waals surface area contributed by atoms with E-state index in [0.29, 0.717) is 31.6 Å². The molecule has 2 fully saturated rings. The van der Waals surface area contributed by atoms with Crippen LogP contribution in [-0.4, -0.2) is 47.8 Å². The first kappa shape index (κ1) is 15.2. The lowest BCUT2D eigenvalue weighted by Crippen LogP contribution is -2.55. The van der Waals surface area contributed by atoms with E-state index in [9.17, 15) is 18.7 Å². The van der Waals surface area contributed by atoms with E-state index in [1.54, 1.807) is 6.07 Å². The van der Waals surface area contributed by atoms with Crippen molar-refractivity contribution in [3.63, 3.8) is 0 Å². The summed E-state index contributed by atoms with van der Waals surface area (Å²) in [5.74, 6) is -1.84. The largest absolute Gasteiger partial charge is 0.505 e. The number of piperidine rings is 1. The molecule has 2 N–H and O–H groups in total. The van der Waals surface area contributed by atoms with E-state index in [-0.39, 0.29) is 18.5 Å². The molecule has 1 aromatic rings. The summed E-state index contributed by atoms with van der Waals surface area (Å²) >= 11 is 0. The number of hydrogen-bond acceptors (Lipinski definition) is 4. The molecule has 3 atom stereocenters. The number of carbonyl (C=O) groups excluding carboxylic acids is 1. The van der Waals surface area contributed by atoms with Gasteiger partial charge in [-0.15, -0.1) is 0 Å². The molecule has 0 spiro atoms. The normalized spacial score (nSPS) is 30.1. The molecule has 0 radical (unpaired) electrons. The molecule has 2 aliphatic heterocycles. The van der Waals surface area contributed by atoms with Crippen molar-refractivity contribution in [1.82, 2.24) is 10.4 Å². The average molecular weight is 312 g/mol. The summed E-state index contributed by atoms with van der Waals surface area (Å²) in [6.07, 6.45) is -0.152. The van der Waals surface area contributed by atoms with E-state index in [1.165, 1.54) is 12.1 Å². The first-order valence-corrected chi connectivity index (χ1v) is 7.34. The van der Waals surface area contributed by atoms with Crippen molar-refractivity contribution in [1.29, 1.82) is 0 Å². The van der Waals surface area contributed by atoms with Crippen molar-refractivity contribution in [2.75, 3.05) is 19.7 Å². The minimum atomic E-state index is -1.19. The molecule has 3 unspecified atom stereocenters. The molecule has 7 heteroatoms. The molecule has 0 bridgehead atoms. The van der Waals surface area contributed by atoms with Crippen LogP contribution in [0.15, 0.2) is 18.2 Å². The molecule has 3 rings (SSSR count). The van der Waals surface area contributed by atoms with Crippen LogP contribution in [0.2, 0.25) is 0 Å². The zero-order valence-electron chi connectivity index (χ0n) is 12.0. The van der Waals surface area contributed by atoms with Crippen LogP contribution < -0.4 is 5.48 Å². The lowest BCUT2D eigenvalue weighted by atomic mass is 9.87. The van der Waals surface area contributed by atoms with E-state index >= 15 is 0 Å². The summed E-state index contributed by atoms with van der Waals surface area (Å²) in [7, 11) is 0. The summed E-state index contributed by atoms with van der Waals surface area (Å²) in [5, 5.41) is 9.22. The Hall–Kier alpha value is -1.73. The van der Waals surface area contributed by atoms with Crippen molar-refractivity contribution in [3.05, 3.63) is 29.6 Å². The standard InChI is InChI=1S/C15H18F2N2O3/c16-11-7-9(1-2-14(11)20)10-3-5-19(8-12(10)17)13-4-6-22-18-15(13)21/h1-2,7,10,12-13,20H,3-6,8H2,(H,18,21). The number of amides is 1. The zero-order valence-corrected chi connectivity index (χ0v) is 12.0. The van der Waals surface area contributed by atoms with Crippen molar-refractivity contribution >= 4 is 5.91 Å². The van der Waals surface area contributed by atoms with Gasteiger partial charge in [0.15, 0.2) is 11.6 Å². The second kappa shape index (κ2) is 6.18. The quantitative estimate of drug-likeness (QED) is 0.868. The van der Waals surface area contributed by atoms with Crippen molar-refractivity contribution in [2.24, 2.45) is 0 Å². The Labute approximate surface area is 126 Å².